The van der Waals surface area contributed by atoms with Crippen LogP contribution in [-0.2, 0) is 0 Å². The summed E-state index contributed by atoms with van der Waals surface area (Å²) in [5, 5.41) is 13.6. The molecule has 0 radical (unpaired) electrons. The average Bonchev–Trinajstić information content (AvgIpc) is 2.31. The normalized spacial score (nSPS) is 9.75. The van der Waals surface area contributed by atoms with Crippen LogP contribution in [0.3, 0.4) is 0 Å². The van der Waals surface area contributed by atoms with E-state index in [1.165, 1.54) is 24.7 Å². The Morgan fingerprint density at radius 3 is 2.75 bits per heavy atom. The van der Waals surface area contributed by atoms with Crippen molar-refractivity contribution in [3.05, 3.63) is 53.0 Å². The molecule has 0 atom stereocenters. The van der Waals surface area contributed by atoms with E-state index in [2.05, 4.69) is 15.3 Å². The molecule has 0 amide bonds. The number of nitrogens with one attached hydrogen (secondary N) is 1. The van der Waals surface area contributed by atoms with Gasteiger partial charge in [0.1, 0.15) is 11.5 Å². The highest BCUT2D eigenvalue weighted by molar-refractivity contribution is 5.67. The van der Waals surface area contributed by atoms with Gasteiger partial charge in [-0.15, -0.1) is 0 Å². The van der Waals surface area contributed by atoms with Gasteiger partial charge in [0, 0.05) is 18.5 Å². The largest absolute Gasteiger partial charge is 0.333 e. The van der Waals surface area contributed by atoms with E-state index in [1.807, 2.05) is 0 Å². The molecule has 0 fully saturated rings. The van der Waals surface area contributed by atoms with Gasteiger partial charge in [-0.3, -0.25) is 15.1 Å². The van der Waals surface area contributed by atoms with Crippen LogP contribution in [0.15, 0.2) is 42.9 Å². The molecule has 1 aromatic heterocycles. The van der Waals surface area contributed by atoms with Crippen LogP contribution in [0.25, 0.3) is 0 Å². The molecule has 0 saturated carbocycles. The standard InChI is InChI=1S/C10H8N4O2/c15-14(16)9-4-2-1-3-8(9)13-10-7-11-5-6-12-10/h1-7H,(H,12,13). The van der Waals surface area contributed by atoms with Gasteiger partial charge >= 0.3 is 0 Å². The van der Waals surface area contributed by atoms with E-state index in [4.69, 9.17) is 0 Å². The van der Waals surface area contributed by atoms with Crippen LogP contribution in [0.2, 0.25) is 0 Å². The summed E-state index contributed by atoms with van der Waals surface area (Å²) in [5.41, 5.74) is 0.404. The number of anilines is 2. The Morgan fingerprint density at radius 2 is 2.06 bits per heavy atom. The van der Waals surface area contributed by atoms with E-state index in [0.717, 1.165) is 0 Å². The topological polar surface area (TPSA) is 81.0 Å². The van der Waals surface area contributed by atoms with Crippen LogP contribution in [0.5, 0.6) is 0 Å². The fraction of sp³-hybridized carbons (Fsp3) is 0. The number of hydrogen-bond donors (Lipinski definition) is 1. The van der Waals surface area contributed by atoms with Crippen LogP contribution < -0.4 is 5.32 Å². The third kappa shape index (κ3) is 2.11. The van der Waals surface area contributed by atoms with Crippen LogP contribution in [-0.4, -0.2) is 14.9 Å². The summed E-state index contributed by atoms with van der Waals surface area (Å²) < 4.78 is 0. The highest BCUT2D eigenvalue weighted by atomic mass is 16.6. The van der Waals surface area contributed by atoms with E-state index in [0.29, 0.717) is 11.5 Å². The van der Waals surface area contributed by atoms with Crippen molar-refractivity contribution >= 4 is 17.2 Å². The van der Waals surface area contributed by atoms with E-state index in [1.54, 1.807) is 18.2 Å². The summed E-state index contributed by atoms with van der Waals surface area (Å²) in [6.45, 7) is 0. The minimum absolute atomic E-state index is 0.00755. The molecular weight excluding hydrogens is 208 g/mol. The minimum atomic E-state index is -0.446. The molecule has 0 spiro atoms. The van der Waals surface area contributed by atoms with Crippen LogP contribution in [0.4, 0.5) is 17.2 Å². The zero-order chi connectivity index (χ0) is 11.4. The van der Waals surface area contributed by atoms with Crippen molar-refractivity contribution in [2.45, 2.75) is 0 Å². The highest BCUT2D eigenvalue weighted by Crippen LogP contribution is 2.25. The van der Waals surface area contributed by atoms with Gasteiger partial charge in [-0.2, -0.15) is 0 Å². The van der Waals surface area contributed by atoms with E-state index >= 15 is 0 Å². The third-order valence-corrected chi connectivity index (χ3v) is 1.93. The maximum absolute atomic E-state index is 10.7. The summed E-state index contributed by atoms with van der Waals surface area (Å²) in [6.07, 6.45) is 4.54. The Balaban J connectivity index is 2.31. The van der Waals surface area contributed by atoms with Gasteiger partial charge < -0.3 is 5.32 Å². The molecule has 6 heteroatoms. The molecule has 0 unspecified atom stereocenters. The quantitative estimate of drug-likeness (QED) is 0.627. The maximum atomic E-state index is 10.7. The lowest BCUT2D eigenvalue weighted by molar-refractivity contribution is -0.383. The first-order chi connectivity index (χ1) is 7.77. The molecule has 0 aliphatic heterocycles. The molecule has 6 nitrogen and oxygen atoms in total. The van der Waals surface area contributed by atoms with E-state index in [9.17, 15) is 10.1 Å². The van der Waals surface area contributed by atoms with Crippen molar-refractivity contribution in [1.29, 1.82) is 0 Å². The molecule has 80 valence electrons. The predicted octanol–water partition coefficient (Wildman–Crippen LogP) is 2.13. The van der Waals surface area contributed by atoms with Gasteiger partial charge in [0.25, 0.3) is 5.69 Å². The molecule has 2 rings (SSSR count). The zero-order valence-electron chi connectivity index (χ0n) is 8.20. The van der Waals surface area contributed by atoms with Gasteiger partial charge in [-0.1, -0.05) is 12.1 Å². The fourth-order valence-corrected chi connectivity index (χ4v) is 1.24. The number of nitro groups is 1. The van der Waals surface area contributed by atoms with Gasteiger partial charge in [0.05, 0.1) is 11.1 Å². The van der Waals surface area contributed by atoms with Gasteiger partial charge in [-0.25, -0.2) is 4.98 Å². The molecule has 0 bridgehead atoms. The summed E-state index contributed by atoms with van der Waals surface area (Å²) >= 11 is 0. The third-order valence-electron chi connectivity index (χ3n) is 1.93. The SMILES string of the molecule is O=[N+]([O-])c1ccccc1Nc1cnccn1. The number of nitrogens with zero attached hydrogens (tertiary/aromatic N) is 3. The van der Waals surface area contributed by atoms with E-state index in [-0.39, 0.29) is 5.69 Å². The van der Waals surface area contributed by atoms with Crippen LogP contribution in [0, 0.1) is 10.1 Å². The Labute approximate surface area is 91.1 Å². The number of benzene rings is 1. The summed E-state index contributed by atoms with van der Waals surface area (Å²) in [4.78, 5) is 18.1. The highest BCUT2D eigenvalue weighted by Gasteiger charge is 2.12. The van der Waals surface area contributed by atoms with Gasteiger partial charge in [-0.05, 0) is 6.07 Å². The minimum Gasteiger partial charge on any atom is -0.333 e. The van der Waals surface area contributed by atoms with Crippen molar-refractivity contribution < 1.29 is 4.92 Å². The van der Waals surface area contributed by atoms with Crippen LogP contribution in [0.1, 0.15) is 0 Å². The molecular formula is C10H8N4O2. The van der Waals surface area contributed by atoms with Crippen molar-refractivity contribution in [1.82, 2.24) is 9.97 Å². The van der Waals surface area contributed by atoms with Gasteiger partial charge in [0.2, 0.25) is 0 Å². The summed E-state index contributed by atoms with van der Waals surface area (Å²) in [7, 11) is 0. The predicted molar refractivity (Wildman–Crippen MR) is 58.4 cm³/mol. The maximum Gasteiger partial charge on any atom is 0.292 e. The monoisotopic (exact) mass is 216 g/mol. The molecule has 1 N–H and O–H groups in total. The number of para-hydroxylation sites is 2. The van der Waals surface area contributed by atoms with Crippen molar-refractivity contribution in [3.63, 3.8) is 0 Å². The molecule has 1 heterocycles. The molecule has 0 aliphatic rings. The number of nitro benzene ring substituents is 1. The molecule has 16 heavy (non-hydrogen) atoms. The summed E-state index contributed by atoms with van der Waals surface area (Å²) in [5.74, 6) is 0.469. The molecule has 0 aliphatic carbocycles. The summed E-state index contributed by atoms with van der Waals surface area (Å²) in [6, 6.07) is 6.37. The Kier molecular flexibility index (Phi) is 2.73. The lowest BCUT2D eigenvalue weighted by atomic mass is 10.2. The Hall–Kier alpha value is -2.50. The number of hydrogen-bond acceptors (Lipinski definition) is 5. The first-order valence-corrected chi connectivity index (χ1v) is 4.54. The first kappa shape index (κ1) is 10.0. The second-order valence-electron chi connectivity index (χ2n) is 2.99. The Bertz CT molecular complexity index is 501. The Morgan fingerprint density at radius 1 is 1.25 bits per heavy atom. The zero-order valence-corrected chi connectivity index (χ0v) is 8.20. The fourth-order valence-electron chi connectivity index (χ4n) is 1.24. The lowest BCUT2D eigenvalue weighted by Crippen LogP contribution is -1.98. The second kappa shape index (κ2) is 4.35. The number of aromatic nitrogens is 2. The molecule has 0 saturated heterocycles. The molecule has 1 aromatic carbocycles. The molecule has 2 aromatic rings. The van der Waals surface area contributed by atoms with Crippen molar-refractivity contribution in [2.24, 2.45) is 0 Å². The van der Waals surface area contributed by atoms with Crippen molar-refractivity contribution in [3.8, 4) is 0 Å². The van der Waals surface area contributed by atoms with Crippen molar-refractivity contribution in [2.75, 3.05) is 5.32 Å². The van der Waals surface area contributed by atoms with Gasteiger partial charge in [0.15, 0.2) is 0 Å². The average molecular weight is 216 g/mol. The second-order valence-corrected chi connectivity index (χ2v) is 2.99. The lowest BCUT2D eigenvalue weighted by Gasteiger charge is -2.04. The number of rotatable bonds is 3. The van der Waals surface area contributed by atoms with E-state index < -0.39 is 4.92 Å². The first-order valence-electron chi connectivity index (χ1n) is 4.54. The smallest absolute Gasteiger partial charge is 0.292 e. The van der Waals surface area contributed by atoms with Crippen LogP contribution >= 0.6 is 0 Å².